The quantitative estimate of drug-likeness (QED) is 0.676. The summed E-state index contributed by atoms with van der Waals surface area (Å²) in [6.07, 6.45) is 0.693. The Morgan fingerprint density at radius 2 is 1.62 bits per heavy atom. The molecule has 0 radical (unpaired) electrons. The van der Waals surface area contributed by atoms with Crippen LogP contribution in [0.2, 0.25) is 0 Å². The van der Waals surface area contributed by atoms with Crippen LogP contribution in [0.25, 0.3) is 0 Å². The molecule has 26 heavy (non-hydrogen) atoms. The van der Waals surface area contributed by atoms with Gasteiger partial charge in [0.25, 0.3) is 0 Å². The first kappa shape index (κ1) is 17.7. The number of aryl methyl sites for hydroxylation is 1. The summed E-state index contributed by atoms with van der Waals surface area (Å²) in [7, 11) is 0. The summed E-state index contributed by atoms with van der Waals surface area (Å²) in [5, 5.41) is 5.91. The fraction of sp³-hybridized carbons (Fsp3) is 0.158. The average molecular weight is 358 g/mol. The van der Waals surface area contributed by atoms with Crippen LogP contribution in [0.15, 0.2) is 48.5 Å². The molecule has 0 saturated heterocycles. The van der Waals surface area contributed by atoms with Crippen LogP contribution in [0.4, 0.5) is 30.6 Å². The van der Waals surface area contributed by atoms with Crippen LogP contribution in [0.1, 0.15) is 11.3 Å². The van der Waals surface area contributed by atoms with Gasteiger partial charge in [-0.15, -0.1) is 0 Å². The van der Waals surface area contributed by atoms with E-state index in [1.165, 1.54) is 18.2 Å². The van der Waals surface area contributed by atoms with Gasteiger partial charge < -0.3 is 10.6 Å². The summed E-state index contributed by atoms with van der Waals surface area (Å²) < 4.78 is 39.6. The van der Waals surface area contributed by atoms with Gasteiger partial charge in [0.2, 0.25) is 5.95 Å². The lowest BCUT2D eigenvalue weighted by Gasteiger charge is -2.10. The summed E-state index contributed by atoms with van der Waals surface area (Å²) in [4.78, 5) is 8.49. The predicted molar refractivity (Wildman–Crippen MR) is 95.0 cm³/mol. The molecule has 0 saturated carbocycles. The monoisotopic (exact) mass is 358 g/mol. The number of aromatic nitrogens is 2. The van der Waals surface area contributed by atoms with Crippen LogP contribution >= 0.6 is 0 Å². The van der Waals surface area contributed by atoms with Crippen LogP contribution in [0, 0.1) is 24.4 Å². The predicted octanol–water partition coefficient (Wildman–Crippen LogP) is 4.60. The lowest BCUT2D eigenvalue weighted by molar-refractivity contribution is 0.586. The molecule has 0 aliphatic carbocycles. The minimum Gasteiger partial charge on any atom is -0.370 e. The Hall–Kier alpha value is -3.09. The number of rotatable bonds is 6. The van der Waals surface area contributed by atoms with Crippen molar-refractivity contribution in [2.24, 2.45) is 0 Å². The highest BCUT2D eigenvalue weighted by Gasteiger charge is 2.07. The molecule has 0 amide bonds. The number of halogens is 3. The van der Waals surface area contributed by atoms with E-state index < -0.39 is 11.6 Å². The smallest absolute Gasteiger partial charge is 0.229 e. The topological polar surface area (TPSA) is 49.8 Å². The highest BCUT2D eigenvalue weighted by Crippen LogP contribution is 2.20. The van der Waals surface area contributed by atoms with Gasteiger partial charge in [-0.25, -0.2) is 18.2 Å². The van der Waals surface area contributed by atoms with Gasteiger partial charge in [0.15, 0.2) is 0 Å². The molecular weight excluding hydrogens is 341 g/mol. The van der Waals surface area contributed by atoms with Crippen molar-refractivity contribution in [1.82, 2.24) is 9.97 Å². The lowest BCUT2D eigenvalue weighted by Crippen LogP contribution is -2.09. The maximum Gasteiger partial charge on any atom is 0.229 e. The Morgan fingerprint density at radius 3 is 2.35 bits per heavy atom. The summed E-state index contributed by atoms with van der Waals surface area (Å²) in [6, 6.07) is 11.3. The van der Waals surface area contributed by atoms with Crippen molar-refractivity contribution < 1.29 is 13.2 Å². The van der Waals surface area contributed by atoms with Crippen LogP contribution < -0.4 is 10.6 Å². The van der Waals surface area contributed by atoms with E-state index in [0.29, 0.717) is 24.5 Å². The molecule has 4 nitrogen and oxygen atoms in total. The first-order valence-electron chi connectivity index (χ1n) is 8.06. The molecule has 0 fully saturated rings. The highest BCUT2D eigenvalue weighted by atomic mass is 19.1. The third-order valence-corrected chi connectivity index (χ3v) is 3.66. The Kier molecular flexibility index (Phi) is 5.36. The molecule has 0 aliphatic rings. The molecule has 2 N–H and O–H groups in total. The number of hydrogen-bond donors (Lipinski definition) is 2. The van der Waals surface area contributed by atoms with Crippen molar-refractivity contribution in [2.75, 3.05) is 17.2 Å². The number of nitrogens with zero attached hydrogens (tertiary/aromatic N) is 2. The van der Waals surface area contributed by atoms with Crippen molar-refractivity contribution >= 4 is 17.5 Å². The van der Waals surface area contributed by atoms with Gasteiger partial charge in [-0.05, 0) is 43.2 Å². The minimum atomic E-state index is -0.721. The number of anilines is 3. The maximum atomic E-state index is 13.8. The molecule has 0 spiro atoms. The molecule has 3 aromatic rings. The first-order chi connectivity index (χ1) is 12.5. The summed E-state index contributed by atoms with van der Waals surface area (Å²) >= 11 is 0. The van der Waals surface area contributed by atoms with E-state index in [9.17, 15) is 13.2 Å². The zero-order valence-corrected chi connectivity index (χ0v) is 14.1. The van der Waals surface area contributed by atoms with Crippen molar-refractivity contribution in [1.29, 1.82) is 0 Å². The molecule has 1 heterocycles. The van der Waals surface area contributed by atoms with Crippen molar-refractivity contribution in [3.63, 3.8) is 0 Å². The Bertz CT molecular complexity index is 898. The van der Waals surface area contributed by atoms with Gasteiger partial charge in [-0.2, -0.15) is 4.98 Å². The van der Waals surface area contributed by atoms with Crippen molar-refractivity contribution in [3.05, 3.63) is 77.2 Å². The summed E-state index contributed by atoms with van der Waals surface area (Å²) in [5.41, 5.74) is 1.78. The normalized spacial score (nSPS) is 10.6. The van der Waals surface area contributed by atoms with E-state index in [4.69, 9.17) is 0 Å². The third kappa shape index (κ3) is 4.72. The second-order valence-electron chi connectivity index (χ2n) is 5.77. The van der Waals surface area contributed by atoms with Gasteiger partial charge in [0.05, 0.1) is 5.69 Å². The van der Waals surface area contributed by atoms with E-state index in [2.05, 4.69) is 20.6 Å². The molecule has 2 aromatic carbocycles. The molecule has 7 heteroatoms. The van der Waals surface area contributed by atoms with Gasteiger partial charge in [-0.3, -0.25) is 0 Å². The van der Waals surface area contributed by atoms with Crippen molar-refractivity contribution in [3.8, 4) is 0 Å². The second kappa shape index (κ2) is 7.86. The minimum absolute atomic E-state index is 0.0919. The molecule has 1 aromatic heterocycles. The van der Waals surface area contributed by atoms with E-state index in [1.54, 1.807) is 25.1 Å². The maximum absolute atomic E-state index is 13.8. The number of nitrogens with one attached hydrogen (secondary N) is 2. The molecule has 0 atom stereocenters. The first-order valence-corrected chi connectivity index (χ1v) is 8.06. The van der Waals surface area contributed by atoms with E-state index in [0.717, 1.165) is 17.7 Å². The zero-order valence-electron chi connectivity index (χ0n) is 14.1. The standard InChI is InChI=1S/C19H17F3N4/c1-12-10-18(23-9-8-13-2-4-14(20)5-3-13)26-19(24-12)25-17-7-6-15(21)11-16(17)22/h2-7,10-11H,8-9H2,1H3,(H2,23,24,25,26). The second-order valence-corrected chi connectivity index (χ2v) is 5.77. The molecule has 3 rings (SSSR count). The van der Waals surface area contributed by atoms with Crippen LogP contribution in [-0.2, 0) is 6.42 Å². The highest BCUT2D eigenvalue weighted by molar-refractivity contribution is 5.56. The van der Waals surface area contributed by atoms with Gasteiger partial charge in [0, 0.05) is 24.4 Å². The Morgan fingerprint density at radius 1 is 0.885 bits per heavy atom. The van der Waals surface area contributed by atoms with Gasteiger partial charge in [0.1, 0.15) is 23.3 Å². The fourth-order valence-electron chi connectivity index (χ4n) is 2.41. The van der Waals surface area contributed by atoms with Crippen LogP contribution in [0.3, 0.4) is 0 Å². The Labute approximate surface area is 149 Å². The van der Waals surface area contributed by atoms with Crippen LogP contribution in [0.5, 0.6) is 0 Å². The molecular formula is C19H17F3N4. The third-order valence-electron chi connectivity index (χ3n) is 3.66. The molecule has 134 valence electrons. The lowest BCUT2D eigenvalue weighted by atomic mass is 10.1. The molecule has 0 bridgehead atoms. The zero-order chi connectivity index (χ0) is 18.5. The largest absolute Gasteiger partial charge is 0.370 e. The van der Waals surface area contributed by atoms with E-state index in [-0.39, 0.29) is 17.5 Å². The summed E-state index contributed by atoms with van der Waals surface area (Å²) in [6.45, 7) is 2.38. The average Bonchev–Trinajstić information content (AvgIpc) is 2.59. The van der Waals surface area contributed by atoms with Gasteiger partial charge >= 0.3 is 0 Å². The molecule has 0 aliphatic heterocycles. The SMILES string of the molecule is Cc1cc(NCCc2ccc(F)cc2)nc(Nc2ccc(F)cc2F)n1. The fourth-order valence-corrected chi connectivity index (χ4v) is 2.41. The van der Waals surface area contributed by atoms with Gasteiger partial charge in [-0.1, -0.05) is 12.1 Å². The van der Waals surface area contributed by atoms with Crippen molar-refractivity contribution in [2.45, 2.75) is 13.3 Å². The van der Waals surface area contributed by atoms with E-state index >= 15 is 0 Å². The Balaban J connectivity index is 1.66. The van der Waals surface area contributed by atoms with E-state index in [1.807, 2.05) is 0 Å². The summed E-state index contributed by atoms with van der Waals surface area (Å²) in [5.74, 6) is -0.858. The molecule has 0 unspecified atom stereocenters. The number of benzene rings is 2. The van der Waals surface area contributed by atoms with Crippen LogP contribution in [-0.4, -0.2) is 16.5 Å². The number of hydrogen-bond acceptors (Lipinski definition) is 4.